The summed E-state index contributed by atoms with van der Waals surface area (Å²) in [7, 11) is 0. The first-order valence-corrected chi connectivity index (χ1v) is 4.90. The van der Waals surface area contributed by atoms with E-state index in [0.29, 0.717) is 0 Å². The molecule has 0 aliphatic heterocycles. The molecule has 1 N–H and O–H groups in total. The zero-order chi connectivity index (χ0) is 14.8. The Morgan fingerprint density at radius 3 is 1.74 bits per heavy atom. The van der Waals surface area contributed by atoms with Gasteiger partial charge in [0.05, 0.1) is 0 Å². The molecule has 0 aromatic heterocycles. The summed E-state index contributed by atoms with van der Waals surface area (Å²) in [5.74, 6) is -10.7. The number of hydrogen-bond donors (Lipinski definition) is 1. The average molecular weight is 292 g/mol. The first kappa shape index (κ1) is 15.5. The molecule has 0 amide bonds. The maximum absolute atomic E-state index is 13.3. The Hall–Kier alpha value is -1.51. The third-order valence-electron chi connectivity index (χ3n) is 2.12. The van der Waals surface area contributed by atoms with Crippen molar-refractivity contribution in [3.8, 4) is 5.75 Å². The molecule has 0 radical (unpaired) electrons. The standard InChI is InChI=1S/C10H7F7O2/c11-5-4(2-1-3-18)6(12)8(14)9(7(5)13)19-10(15,16)17/h18H,1-3H2. The maximum Gasteiger partial charge on any atom is 0.573 e. The van der Waals surface area contributed by atoms with Crippen molar-refractivity contribution in [2.24, 2.45) is 0 Å². The van der Waals surface area contributed by atoms with Crippen LogP contribution in [-0.2, 0) is 6.42 Å². The van der Waals surface area contributed by atoms with Gasteiger partial charge >= 0.3 is 6.36 Å². The van der Waals surface area contributed by atoms with Crippen LogP contribution < -0.4 is 4.74 Å². The van der Waals surface area contributed by atoms with E-state index in [0.717, 1.165) is 0 Å². The van der Waals surface area contributed by atoms with E-state index < -0.39 is 54.0 Å². The summed E-state index contributed by atoms with van der Waals surface area (Å²) >= 11 is 0. The minimum atomic E-state index is -5.49. The molecule has 0 spiro atoms. The number of ether oxygens (including phenoxy) is 1. The summed E-state index contributed by atoms with van der Waals surface area (Å²) in [6.07, 6.45) is -6.28. The first-order valence-electron chi connectivity index (χ1n) is 4.90. The van der Waals surface area contributed by atoms with Crippen LogP contribution in [0, 0.1) is 23.3 Å². The SMILES string of the molecule is OCCCc1c(F)c(F)c(OC(F)(F)F)c(F)c1F. The van der Waals surface area contributed by atoms with Gasteiger partial charge in [-0.2, -0.15) is 8.78 Å². The fraction of sp³-hybridized carbons (Fsp3) is 0.400. The summed E-state index contributed by atoms with van der Waals surface area (Å²) in [6.45, 7) is -0.511. The normalized spacial score (nSPS) is 11.8. The van der Waals surface area contributed by atoms with E-state index in [1.165, 1.54) is 0 Å². The Balaban J connectivity index is 3.30. The summed E-state index contributed by atoms with van der Waals surface area (Å²) in [5.41, 5.74) is -1.08. The van der Waals surface area contributed by atoms with Crippen LogP contribution >= 0.6 is 0 Å². The molecule has 19 heavy (non-hydrogen) atoms. The van der Waals surface area contributed by atoms with Crippen LogP contribution in [-0.4, -0.2) is 18.1 Å². The van der Waals surface area contributed by atoms with Crippen molar-refractivity contribution >= 4 is 0 Å². The lowest BCUT2D eigenvalue weighted by atomic mass is 10.1. The van der Waals surface area contributed by atoms with E-state index in [9.17, 15) is 30.7 Å². The highest BCUT2D eigenvalue weighted by Gasteiger charge is 2.37. The van der Waals surface area contributed by atoms with E-state index in [2.05, 4.69) is 4.74 Å². The van der Waals surface area contributed by atoms with Crippen molar-refractivity contribution < 1.29 is 40.6 Å². The number of hydrogen-bond acceptors (Lipinski definition) is 2. The number of aliphatic hydroxyl groups is 1. The van der Waals surface area contributed by atoms with Crippen LogP contribution in [0.2, 0.25) is 0 Å². The Morgan fingerprint density at radius 2 is 1.37 bits per heavy atom. The van der Waals surface area contributed by atoms with E-state index in [1.54, 1.807) is 0 Å². The van der Waals surface area contributed by atoms with Gasteiger partial charge in [-0.3, -0.25) is 0 Å². The molecule has 0 saturated carbocycles. The third kappa shape index (κ3) is 3.49. The van der Waals surface area contributed by atoms with Gasteiger partial charge in [0, 0.05) is 12.2 Å². The molecule has 1 aromatic carbocycles. The highest BCUT2D eigenvalue weighted by molar-refractivity contribution is 5.34. The molecule has 0 aliphatic rings. The van der Waals surface area contributed by atoms with Gasteiger partial charge in [0.2, 0.25) is 17.4 Å². The lowest BCUT2D eigenvalue weighted by Crippen LogP contribution is -2.20. The van der Waals surface area contributed by atoms with Crippen LogP contribution in [0.4, 0.5) is 30.7 Å². The molecular weight excluding hydrogens is 285 g/mol. The number of benzene rings is 1. The van der Waals surface area contributed by atoms with Crippen LogP contribution in [0.15, 0.2) is 0 Å². The van der Waals surface area contributed by atoms with Gasteiger partial charge < -0.3 is 9.84 Å². The quantitative estimate of drug-likeness (QED) is 0.682. The molecule has 0 saturated heterocycles. The Bertz CT molecular complexity index is 441. The smallest absolute Gasteiger partial charge is 0.399 e. The molecule has 0 unspecified atom stereocenters. The van der Waals surface area contributed by atoms with Gasteiger partial charge in [-0.05, 0) is 12.8 Å². The van der Waals surface area contributed by atoms with E-state index in [1.807, 2.05) is 0 Å². The second-order valence-electron chi connectivity index (χ2n) is 3.44. The van der Waals surface area contributed by atoms with Crippen LogP contribution in [0.25, 0.3) is 0 Å². The van der Waals surface area contributed by atoms with E-state index >= 15 is 0 Å². The molecule has 0 bridgehead atoms. The number of halogens is 7. The lowest BCUT2D eigenvalue weighted by molar-refractivity contribution is -0.276. The summed E-state index contributed by atoms with van der Waals surface area (Å²) in [4.78, 5) is 0. The van der Waals surface area contributed by atoms with Gasteiger partial charge in [-0.25, -0.2) is 8.78 Å². The van der Waals surface area contributed by atoms with Crippen LogP contribution in [0.3, 0.4) is 0 Å². The van der Waals surface area contributed by atoms with E-state index in [4.69, 9.17) is 5.11 Å². The monoisotopic (exact) mass is 292 g/mol. The van der Waals surface area contributed by atoms with Gasteiger partial charge in [0.25, 0.3) is 0 Å². The van der Waals surface area contributed by atoms with Crippen molar-refractivity contribution in [3.63, 3.8) is 0 Å². The maximum atomic E-state index is 13.3. The van der Waals surface area contributed by atoms with Crippen molar-refractivity contribution in [1.29, 1.82) is 0 Å². The third-order valence-corrected chi connectivity index (χ3v) is 2.12. The molecule has 1 rings (SSSR count). The number of rotatable bonds is 4. The topological polar surface area (TPSA) is 29.5 Å². The van der Waals surface area contributed by atoms with Gasteiger partial charge in [-0.15, -0.1) is 13.2 Å². The fourth-order valence-electron chi connectivity index (χ4n) is 1.34. The van der Waals surface area contributed by atoms with Crippen molar-refractivity contribution in [1.82, 2.24) is 0 Å². The van der Waals surface area contributed by atoms with Gasteiger partial charge in [0.1, 0.15) is 0 Å². The van der Waals surface area contributed by atoms with Crippen molar-refractivity contribution in [2.75, 3.05) is 6.61 Å². The second-order valence-corrected chi connectivity index (χ2v) is 3.44. The van der Waals surface area contributed by atoms with Gasteiger partial charge in [-0.1, -0.05) is 0 Å². The van der Waals surface area contributed by atoms with Crippen LogP contribution in [0.5, 0.6) is 5.75 Å². The van der Waals surface area contributed by atoms with Crippen molar-refractivity contribution in [3.05, 3.63) is 28.8 Å². The average Bonchev–Trinajstić information content (AvgIpc) is 2.31. The molecule has 0 heterocycles. The first-order chi connectivity index (χ1) is 8.69. The lowest BCUT2D eigenvalue weighted by Gasteiger charge is -2.13. The predicted molar refractivity (Wildman–Crippen MR) is 48.4 cm³/mol. The Kier molecular flexibility index (Phi) is 4.61. The molecule has 0 fully saturated rings. The highest BCUT2D eigenvalue weighted by atomic mass is 19.4. The zero-order valence-electron chi connectivity index (χ0n) is 9.12. The highest BCUT2D eigenvalue weighted by Crippen LogP contribution is 2.34. The fourth-order valence-corrected chi connectivity index (χ4v) is 1.34. The predicted octanol–water partition coefficient (Wildman–Crippen LogP) is 3.07. The van der Waals surface area contributed by atoms with Crippen LogP contribution in [0.1, 0.15) is 12.0 Å². The molecule has 9 heteroatoms. The number of alkyl halides is 3. The summed E-state index contributed by atoms with van der Waals surface area (Å²) < 4.78 is 91.4. The Morgan fingerprint density at radius 1 is 0.895 bits per heavy atom. The second kappa shape index (κ2) is 5.64. The molecule has 0 atom stereocenters. The van der Waals surface area contributed by atoms with Gasteiger partial charge in [0.15, 0.2) is 11.6 Å². The molecule has 2 nitrogen and oxygen atoms in total. The molecule has 1 aromatic rings. The van der Waals surface area contributed by atoms with Crippen molar-refractivity contribution in [2.45, 2.75) is 19.2 Å². The summed E-state index contributed by atoms with van der Waals surface area (Å²) in [6, 6.07) is 0. The molecule has 0 aliphatic carbocycles. The zero-order valence-corrected chi connectivity index (χ0v) is 9.12. The minimum absolute atomic E-state index is 0.216. The van der Waals surface area contributed by atoms with E-state index in [-0.39, 0.29) is 6.42 Å². The Labute approximate surface area is 102 Å². The minimum Gasteiger partial charge on any atom is -0.399 e. The molecule has 108 valence electrons. The largest absolute Gasteiger partial charge is 0.573 e. The number of aliphatic hydroxyl groups excluding tert-OH is 1. The molecular formula is C10H7F7O2. The summed E-state index contributed by atoms with van der Waals surface area (Å²) in [5, 5.41) is 8.45.